The number of aromatic nitrogens is 4. The zero-order valence-corrected chi connectivity index (χ0v) is 23.9. The summed E-state index contributed by atoms with van der Waals surface area (Å²) in [6.45, 7) is 3.86. The zero-order valence-electron chi connectivity index (χ0n) is 23.9. The van der Waals surface area contributed by atoms with E-state index in [1.165, 1.54) is 6.33 Å². The van der Waals surface area contributed by atoms with Gasteiger partial charge in [-0.2, -0.15) is 5.10 Å². The molecule has 11 nitrogen and oxygen atoms in total. The number of aliphatic hydroxyl groups excluding tert-OH is 1. The highest BCUT2D eigenvalue weighted by atomic mass is 19.1. The lowest BCUT2D eigenvalue weighted by Crippen LogP contribution is -2.35. The highest BCUT2D eigenvalue weighted by molar-refractivity contribution is 5.93. The number of likely N-dealkylation sites (tertiary alicyclic amines) is 1. The third kappa shape index (κ3) is 8.14. The minimum Gasteiger partial charge on any atom is -0.493 e. The average molecular weight is 596 g/mol. The molecule has 2 aromatic carbocycles. The first-order valence-corrected chi connectivity index (χ1v) is 14.3. The van der Waals surface area contributed by atoms with Gasteiger partial charge in [0.15, 0.2) is 17.3 Å². The molecule has 0 atom stereocenters. The quantitative estimate of drug-likeness (QED) is 0.166. The van der Waals surface area contributed by atoms with Crippen LogP contribution in [0.5, 0.6) is 11.5 Å². The number of hydrogen-bond donors (Lipinski definition) is 4. The number of fused-ring (bicyclic) bond motifs is 1. The van der Waals surface area contributed by atoms with E-state index in [-0.39, 0.29) is 18.7 Å². The molecule has 2 aromatic heterocycles. The Hall–Kier alpha value is -4.36. The summed E-state index contributed by atoms with van der Waals surface area (Å²) >= 11 is 0. The molecule has 0 radical (unpaired) electrons. The van der Waals surface area contributed by atoms with Crippen molar-refractivity contribution < 1.29 is 28.2 Å². The molecular weight excluding hydrogens is 560 g/mol. The molecule has 4 aromatic rings. The number of anilines is 3. The van der Waals surface area contributed by atoms with Crippen molar-refractivity contribution in [2.75, 3.05) is 50.6 Å². The number of H-pyrrole nitrogens is 1. The van der Waals surface area contributed by atoms with Crippen LogP contribution >= 0.6 is 0 Å². The van der Waals surface area contributed by atoms with Crippen molar-refractivity contribution in [2.24, 2.45) is 5.92 Å². The molecule has 1 amide bonds. The lowest BCUT2D eigenvalue weighted by atomic mass is 9.94. The summed E-state index contributed by atoms with van der Waals surface area (Å²) in [6.07, 6.45) is 5.37. The Labute approximate surface area is 247 Å². The van der Waals surface area contributed by atoms with E-state index >= 15 is 0 Å². The highest BCUT2D eigenvalue weighted by Gasteiger charge is 2.19. The molecule has 43 heavy (non-hydrogen) atoms. The van der Waals surface area contributed by atoms with Crippen LogP contribution in [0.15, 0.2) is 42.7 Å². The van der Waals surface area contributed by atoms with Gasteiger partial charge in [-0.05, 0) is 62.9 Å². The van der Waals surface area contributed by atoms with Gasteiger partial charge in [0.25, 0.3) is 0 Å². The van der Waals surface area contributed by atoms with Crippen LogP contribution in [0.1, 0.15) is 31.4 Å². The molecule has 1 saturated heterocycles. The fourth-order valence-corrected chi connectivity index (χ4v) is 5.23. The lowest BCUT2D eigenvalue weighted by Gasteiger charge is -2.31. The van der Waals surface area contributed by atoms with Gasteiger partial charge in [0.2, 0.25) is 5.91 Å². The molecule has 1 aliphatic rings. The number of carbonyl (C=O) groups is 1. The first-order chi connectivity index (χ1) is 20.9. The molecule has 1 aliphatic heterocycles. The second-order valence-electron chi connectivity index (χ2n) is 10.5. The van der Waals surface area contributed by atoms with Gasteiger partial charge < -0.3 is 30.1 Å². The third-order valence-electron chi connectivity index (χ3n) is 7.42. The summed E-state index contributed by atoms with van der Waals surface area (Å²) in [5.41, 5.74) is 1.16. The van der Waals surface area contributed by atoms with E-state index in [4.69, 9.17) is 14.6 Å². The van der Waals surface area contributed by atoms with E-state index < -0.39 is 17.5 Å². The van der Waals surface area contributed by atoms with Crippen LogP contribution in [-0.2, 0) is 11.2 Å². The number of ether oxygens (including phenoxy) is 2. The SMILES string of the molecule is COc1cc2c(Nc3cc(CC(=O)Nc4cc(F)cc(F)c4)[nH]n3)ncnc2cc1OCCCN1CCC(CCO)CC1. The number of aliphatic hydroxyl groups is 1. The smallest absolute Gasteiger partial charge is 0.230 e. The standard InChI is InChI=1S/C30H35F2N7O4/c1-42-26-16-24-25(17-27(26)43-10-2-6-39-7-3-19(4-8-39)5-9-40)33-18-34-30(24)36-28-14-23(37-38-28)15-29(41)35-22-12-20(31)11-21(32)13-22/h11-14,16-19,40H,2-10,15H2,1H3,(H,35,41)(H2,33,34,36,37,38). The minimum absolute atomic E-state index is 0.0279. The number of piperidine rings is 1. The molecule has 0 spiro atoms. The normalized spacial score (nSPS) is 14.1. The number of methoxy groups -OCH3 is 1. The maximum absolute atomic E-state index is 13.4. The zero-order chi connectivity index (χ0) is 30.2. The maximum atomic E-state index is 13.4. The number of hydrogen-bond acceptors (Lipinski definition) is 9. The van der Waals surface area contributed by atoms with E-state index in [2.05, 4.69) is 35.7 Å². The fourth-order valence-electron chi connectivity index (χ4n) is 5.23. The number of benzene rings is 2. The molecule has 0 saturated carbocycles. The van der Waals surface area contributed by atoms with Crippen LogP contribution in [0.3, 0.4) is 0 Å². The number of halogens is 2. The van der Waals surface area contributed by atoms with Gasteiger partial charge in [0, 0.05) is 48.1 Å². The number of nitrogens with one attached hydrogen (secondary N) is 3. The summed E-state index contributed by atoms with van der Waals surface area (Å²) in [7, 11) is 1.57. The molecule has 0 unspecified atom stereocenters. The van der Waals surface area contributed by atoms with E-state index in [9.17, 15) is 13.6 Å². The van der Waals surface area contributed by atoms with Crippen LogP contribution in [0.25, 0.3) is 10.9 Å². The summed E-state index contributed by atoms with van der Waals surface area (Å²) in [6, 6.07) is 8.07. The summed E-state index contributed by atoms with van der Waals surface area (Å²) in [4.78, 5) is 23.6. The van der Waals surface area contributed by atoms with Gasteiger partial charge in [0.05, 0.1) is 25.7 Å². The van der Waals surface area contributed by atoms with Gasteiger partial charge >= 0.3 is 0 Å². The van der Waals surface area contributed by atoms with E-state index in [0.29, 0.717) is 52.3 Å². The minimum atomic E-state index is -0.780. The third-order valence-corrected chi connectivity index (χ3v) is 7.42. The summed E-state index contributed by atoms with van der Waals surface area (Å²) in [5, 5.41) is 22.4. The van der Waals surface area contributed by atoms with Crippen LogP contribution in [0.4, 0.5) is 26.1 Å². The molecule has 228 valence electrons. The van der Waals surface area contributed by atoms with Gasteiger partial charge in [-0.1, -0.05) is 0 Å². The van der Waals surface area contributed by atoms with Crippen molar-refractivity contribution in [1.29, 1.82) is 0 Å². The van der Waals surface area contributed by atoms with Crippen LogP contribution < -0.4 is 20.1 Å². The largest absolute Gasteiger partial charge is 0.493 e. The van der Waals surface area contributed by atoms with Crippen LogP contribution in [-0.4, -0.2) is 76.0 Å². The van der Waals surface area contributed by atoms with Crippen LogP contribution in [0.2, 0.25) is 0 Å². The number of carbonyl (C=O) groups excluding carboxylic acids is 1. The average Bonchev–Trinajstić information content (AvgIpc) is 3.41. The molecule has 0 bridgehead atoms. The van der Waals surface area contributed by atoms with E-state index in [0.717, 1.165) is 63.5 Å². The van der Waals surface area contributed by atoms with Crippen molar-refractivity contribution in [3.05, 3.63) is 60.1 Å². The van der Waals surface area contributed by atoms with Gasteiger partial charge in [0.1, 0.15) is 23.8 Å². The van der Waals surface area contributed by atoms with Gasteiger partial charge in [-0.3, -0.25) is 9.89 Å². The Bertz CT molecular complexity index is 1520. The number of aromatic amines is 1. The molecule has 0 aliphatic carbocycles. The molecule has 3 heterocycles. The summed E-state index contributed by atoms with van der Waals surface area (Å²) in [5.74, 6) is 0.638. The van der Waals surface area contributed by atoms with E-state index in [1.54, 1.807) is 19.2 Å². The number of rotatable bonds is 13. The Morgan fingerprint density at radius 3 is 2.63 bits per heavy atom. The molecule has 4 N–H and O–H groups in total. The Morgan fingerprint density at radius 2 is 1.88 bits per heavy atom. The maximum Gasteiger partial charge on any atom is 0.230 e. The van der Waals surface area contributed by atoms with Gasteiger partial charge in [-0.15, -0.1) is 0 Å². The predicted molar refractivity (Wildman–Crippen MR) is 158 cm³/mol. The molecule has 13 heteroatoms. The second kappa shape index (κ2) is 14.2. The first-order valence-electron chi connectivity index (χ1n) is 14.3. The van der Waals surface area contributed by atoms with E-state index in [1.807, 2.05) is 6.07 Å². The Balaban J connectivity index is 1.18. The van der Waals surface area contributed by atoms with Crippen molar-refractivity contribution in [3.63, 3.8) is 0 Å². The molecule has 1 fully saturated rings. The van der Waals surface area contributed by atoms with Crippen LogP contribution in [0, 0.1) is 17.6 Å². The monoisotopic (exact) mass is 595 g/mol. The number of nitrogens with zero attached hydrogens (tertiary/aromatic N) is 4. The molecule has 5 rings (SSSR count). The van der Waals surface area contributed by atoms with Gasteiger partial charge in [-0.25, -0.2) is 18.7 Å². The molecular formula is C30H35F2N7O4. The lowest BCUT2D eigenvalue weighted by molar-refractivity contribution is -0.115. The second-order valence-corrected chi connectivity index (χ2v) is 10.5. The van der Waals surface area contributed by atoms with Crippen molar-refractivity contribution in [1.82, 2.24) is 25.1 Å². The van der Waals surface area contributed by atoms with Crippen molar-refractivity contribution in [2.45, 2.75) is 32.1 Å². The highest BCUT2D eigenvalue weighted by Crippen LogP contribution is 2.34. The van der Waals surface area contributed by atoms with Crippen molar-refractivity contribution >= 4 is 34.1 Å². The fraction of sp³-hybridized carbons (Fsp3) is 0.400. The Morgan fingerprint density at radius 1 is 1.09 bits per heavy atom. The predicted octanol–water partition coefficient (Wildman–Crippen LogP) is 4.43. The number of amides is 1. The van der Waals surface area contributed by atoms with Crippen molar-refractivity contribution in [3.8, 4) is 11.5 Å². The Kier molecular flexibility index (Phi) is 9.95. The first kappa shape index (κ1) is 30.1. The topological polar surface area (TPSA) is 138 Å². The summed E-state index contributed by atoms with van der Waals surface area (Å²) < 4.78 is 38.5.